The van der Waals surface area contributed by atoms with Gasteiger partial charge in [-0.3, -0.25) is 9.59 Å². The lowest BCUT2D eigenvalue weighted by Gasteiger charge is -2.34. The number of unbranched alkanes of at least 4 members (excludes halogenated alkanes) is 10. The number of halogens is 2. The number of rotatable bonds is 22. The largest absolute Gasteiger partial charge is 0.303 e. The zero-order chi connectivity index (χ0) is 33.1. The van der Waals surface area contributed by atoms with E-state index in [2.05, 4.69) is 93.6 Å². The zero-order valence-electron chi connectivity index (χ0n) is 28.5. The second kappa shape index (κ2) is 19.1. The van der Waals surface area contributed by atoms with Crippen LogP contribution in [0.1, 0.15) is 153 Å². The first-order valence-corrected chi connectivity index (χ1v) is 21.3. The van der Waals surface area contributed by atoms with Gasteiger partial charge in [-0.25, -0.2) is 0 Å². The first-order chi connectivity index (χ1) is 22.4. The first kappa shape index (κ1) is 37.6. The van der Waals surface area contributed by atoms with E-state index in [1.165, 1.54) is 51.4 Å². The molecule has 0 N–H and O–H groups in total. The molecule has 4 rings (SSSR count). The maximum absolute atomic E-state index is 15.0. The Balaban J connectivity index is 1.83. The van der Waals surface area contributed by atoms with Crippen molar-refractivity contribution in [3.63, 3.8) is 0 Å². The van der Waals surface area contributed by atoms with Gasteiger partial charge in [0, 0.05) is 12.1 Å². The van der Waals surface area contributed by atoms with Crippen molar-refractivity contribution in [2.45, 2.75) is 155 Å². The molecule has 0 fully saturated rings. The first-order valence-electron chi connectivity index (χ1n) is 18.0. The molecule has 0 bridgehead atoms. The summed E-state index contributed by atoms with van der Waals surface area (Å²) in [5.41, 5.74) is 2.98. The fourth-order valence-electron chi connectivity index (χ4n) is 7.05. The Labute approximate surface area is 303 Å². The van der Waals surface area contributed by atoms with Gasteiger partial charge >= 0.3 is 0 Å². The summed E-state index contributed by atoms with van der Waals surface area (Å²) in [6.45, 7) is 8.95. The van der Waals surface area contributed by atoms with Crippen molar-refractivity contribution in [2.24, 2.45) is 0 Å². The van der Waals surface area contributed by atoms with E-state index in [1.54, 1.807) is 22.7 Å². The lowest BCUT2D eigenvalue weighted by molar-refractivity contribution is -0.125. The predicted octanol–water partition coefficient (Wildman–Crippen LogP) is 13.0. The topological polar surface area (TPSA) is 40.6 Å². The highest BCUT2D eigenvalue weighted by atomic mass is 79.9. The number of amides is 2. The number of nitrogens with zero attached hydrogens (tertiary/aromatic N) is 2. The molecule has 2 aliphatic rings. The van der Waals surface area contributed by atoms with E-state index in [0.29, 0.717) is 11.1 Å². The summed E-state index contributed by atoms with van der Waals surface area (Å²) < 4.78 is 2.03. The Bertz CT molecular complexity index is 1260. The molecule has 0 saturated carbocycles. The van der Waals surface area contributed by atoms with Crippen LogP contribution >= 0.6 is 54.5 Å². The standard InChI is InChI=1S/C38H54Br2N2O2S2/c1-5-9-13-15-17-21-27(19-11-7-3)41-35(29-23-25-31(39)45-29)33-34(37(41)43)36(30-24-26-32(40)46-30)42(38(33)44)28(20-12-8-4)22-18-16-14-10-6-2/h23-28H,5-22H2,1-4H3. The molecule has 0 aliphatic carbocycles. The lowest BCUT2D eigenvalue weighted by Crippen LogP contribution is -2.39. The van der Waals surface area contributed by atoms with Gasteiger partial charge in [-0.1, -0.05) is 118 Å². The second-order valence-corrected chi connectivity index (χ2v) is 17.9. The second-order valence-electron chi connectivity index (χ2n) is 13.0. The van der Waals surface area contributed by atoms with Crippen LogP contribution in [0.4, 0.5) is 0 Å². The summed E-state index contributed by atoms with van der Waals surface area (Å²) in [5.74, 6) is 0.0495. The van der Waals surface area contributed by atoms with E-state index < -0.39 is 0 Å². The van der Waals surface area contributed by atoms with Gasteiger partial charge in [0.2, 0.25) is 0 Å². The lowest BCUT2D eigenvalue weighted by atomic mass is 9.99. The Morgan fingerprint density at radius 2 is 0.870 bits per heavy atom. The third kappa shape index (κ3) is 9.06. The molecule has 0 aromatic carbocycles. The number of fused-ring (bicyclic) bond motifs is 1. The fourth-order valence-corrected chi connectivity index (χ4v) is 9.92. The van der Waals surface area contributed by atoms with Crippen LogP contribution in [0.5, 0.6) is 0 Å². The molecule has 0 radical (unpaired) electrons. The van der Waals surface area contributed by atoms with Crippen molar-refractivity contribution >= 4 is 77.7 Å². The Morgan fingerprint density at radius 1 is 0.522 bits per heavy atom. The summed E-state index contributed by atoms with van der Waals surface area (Å²) in [6, 6.07) is 8.47. The van der Waals surface area contributed by atoms with E-state index in [1.807, 2.05) is 0 Å². The van der Waals surface area contributed by atoms with Crippen molar-refractivity contribution in [2.75, 3.05) is 0 Å². The van der Waals surface area contributed by atoms with Gasteiger partial charge in [0.1, 0.15) is 0 Å². The van der Waals surface area contributed by atoms with Crippen molar-refractivity contribution < 1.29 is 9.59 Å². The molecule has 4 nitrogen and oxygen atoms in total. The molecule has 2 amide bonds. The van der Waals surface area contributed by atoms with Crippen LogP contribution < -0.4 is 0 Å². The highest BCUT2D eigenvalue weighted by Gasteiger charge is 2.52. The van der Waals surface area contributed by atoms with Gasteiger partial charge in [0.25, 0.3) is 11.8 Å². The van der Waals surface area contributed by atoms with E-state index >= 15 is 9.59 Å². The molecular weight excluding hydrogens is 740 g/mol. The highest BCUT2D eigenvalue weighted by Crippen LogP contribution is 2.51. The summed E-state index contributed by atoms with van der Waals surface area (Å²) in [4.78, 5) is 36.2. The van der Waals surface area contributed by atoms with Crippen LogP contribution in [-0.4, -0.2) is 33.7 Å². The van der Waals surface area contributed by atoms with Crippen LogP contribution in [0, 0.1) is 0 Å². The smallest absolute Gasteiger partial charge is 0.261 e. The van der Waals surface area contributed by atoms with Gasteiger partial charge in [0.05, 0.1) is 39.9 Å². The summed E-state index contributed by atoms with van der Waals surface area (Å²) in [6.07, 6.45) is 20.2. The average Bonchev–Trinajstić information content (AvgIpc) is 3.81. The van der Waals surface area contributed by atoms with Crippen molar-refractivity contribution in [3.05, 3.63) is 52.7 Å². The SMILES string of the molecule is CCCCCCCC(CCCC)N1C(=O)C2=C(c3ccc(Br)s3)N(C(CCCC)CCCCCCC)C(=O)C2=C1c1ccc(Br)s1. The summed E-state index contributed by atoms with van der Waals surface area (Å²) in [7, 11) is 0. The minimum atomic E-state index is 0.0248. The van der Waals surface area contributed by atoms with E-state index in [4.69, 9.17) is 0 Å². The van der Waals surface area contributed by atoms with Crippen molar-refractivity contribution in [1.29, 1.82) is 0 Å². The molecule has 2 aromatic heterocycles. The maximum Gasteiger partial charge on any atom is 0.261 e. The Kier molecular flexibility index (Phi) is 15.6. The molecule has 0 spiro atoms. The monoisotopic (exact) mass is 792 g/mol. The molecular formula is C38H54Br2N2O2S2. The quantitative estimate of drug-likeness (QED) is 0.111. The minimum absolute atomic E-state index is 0.0248. The van der Waals surface area contributed by atoms with Crippen molar-refractivity contribution in [3.8, 4) is 0 Å². The molecule has 46 heavy (non-hydrogen) atoms. The van der Waals surface area contributed by atoms with Gasteiger partial charge in [0.15, 0.2) is 0 Å². The number of hydrogen-bond donors (Lipinski definition) is 0. The number of thiophene rings is 2. The summed E-state index contributed by atoms with van der Waals surface area (Å²) in [5, 5.41) is 0. The zero-order valence-corrected chi connectivity index (χ0v) is 33.3. The Hall–Kier alpha value is -1.22. The molecule has 4 heterocycles. The van der Waals surface area contributed by atoms with Crippen LogP contribution in [0.15, 0.2) is 43.0 Å². The molecule has 0 saturated heterocycles. The van der Waals surface area contributed by atoms with Crippen molar-refractivity contribution in [1.82, 2.24) is 9.80 Å². The molecule has 2 aromatic rings. The van der Waals surface area contributed by atoms with Crippen LogP contribution in [0.2, 0.25) is 0 Å². The van der Waals surface area contributed by atoms with E-state index in [0.717, 1.165) is 92.9 Å². The van der Waals surface area contributed by atoms with Gasteiger partial charge in [-0.15, -0.1) is 22.7 Å². The Morgan fingerprint density at radius 3 is 1.20 bits per heavy atom. The maximum atomic E-state index is 15.0. The molecule has 2 unspecified atom stereocenters. The number of hydrogen-bond acceptors (Lipinski definition) is 4. The highest BCUT2D eigenvalue weighted by molar-refractivity contribution is 9.11. The van der Waals surface area contributed by atoms with E-state index in [9.17, 15) is 0 Å². The van der Waals surface area contributed by atoms with Crippen LogP contribution in [0.25, 0.3) is 11.4 Å². The molecule has 2 atom stereocenters. The number of carbonyl (C=O) groups is 2. The molecule has 2 aliphatic heterocycles. The molecule has 254 valence electrons. The third-order valence-corrected chi connectivity index (χ3v) is 12.7. The predicted molar refractivity (Wildman–Crippen MR) is 205 cm³/mol. The van der Waals surface area contributed by atoms with Crippen LogP contribution in [-0.2, 0) is 9.59 Å². The van der Waals surface area contributed by atoms with Gasteiger partial charge in [-0.05, 0) is 81.8 Å². The van der Waals surface area contributed by atoms with Crippen LogP contribution in [0.3, 0.4) is 0 Å². The minimum Gasteiger partial charge on any atom is -0.303 e. The normalized spacial score (nSPS) is 16.4. The third-order valence-electron chi connectivity index (χ3n) is 9.48. The van der Waals surface area contributed by atoms with Gasteiger partial charge < -0.3 is 9.80 Å². The molecule has 8 heteroatoms. The fraction of sp³-hybridized carbons (Fsp3) is 0.632. The van der Waals surface area contributed by atoms with E-state index in [-0.39, 0.29) is 23.9 Å². The van der Waals surface area contributed by atoms with Gasteiger partial charge in [-0.2, -0.15) is 0 Å². The summed E-state index contributed by atoms with van der Waals surface area (Å²) >= 11 is 10.6. The average molecular weight is 795 g/mol. The number of carbonyl (C=O) groups excluding carboxylic acids is 2.